The van der Waals surface area contributed by atoms with Crippen LogP contribution in [0, 0.1) is 12.8 Å². The largest absolute Gasteiger partial charge is 0.465 e. The molecule has 8 heteroatoms. The molecule has 3 aromatic rings. The van der Waals surface area contributed by atoms with Gasteiger partial charge in [0.05, 0.1) is 23.8 Å². The second-order valence-electron chi connectivity index (χ2n) is 7.20. The summed E-state index contributed by atoms with van der Waals surface area (Å²) in [5.41, 5.74) is 1.54. The highest BCUT2D eigenvalue weighted by atomic mass is 32.1. The Morgan fingerprint density at radius 3 is 2.59 bits per heavy atom. The number of benzene rings is 1. The van der Waals surface area contributed by atoms with E-state index in [0.29, 0.717) is 34.0 Å². The van der Waals surface area contributed by atoms with Crippen LogP contribution in [0.25, 0.3) is 10.8 Å². The number of aromatic nitrogens is 2. The molecule has 0 aliphatic carbocycles. The molecule has 1 aromatic carbocycles. The maximum absolute atomic E-state index is 12.7. The number of anilines is 1. The standard InChI is InChI=1S/C21H23N3O4S/c1-12(2)9-14-11-29-19(18(14)21(27)28-4)22-17(25)10-24-20(26)16-8-6-5-7-15(16)13(3)23-24/h5-8,11-12H,9-10H2,1-4H3,(H,22,25). The topological polar surface area (TPSA) is 90.3 Å². The van der Waals surface area contributed by atoms with Crippen LogP contribution in [0.2, 0.25) is 0 Å². The van der Waals surface area contributed by atoms with E-state index in [1.165, 1.54) is 18.4 Å². The van der Waals surface area contributed by atoms with Gasteiger partial charge in [-0.1, -0.05) is 32.0 Å². The van der Waals surface area contributed by atoms with Crippen molar-refractivity contribution in [2.75, 3.05) is 12.4 Å². The van der Waals surface area contributed by atoms with Gasteiger partial charge in [-0.2, -0.15) is 5.10 Å². The maximum atomic E-state index is 12.7. The lowest BCUT2D eigenvalue weighted by Gasteiger charge is -2.10. The maximum Gasteiger partial charge on any atom is 0.341 e. The van der Waals surface area contributed by atoms with Gasteiger partial charge in [0.1, 0.15) is 11.5 Å². The first-order valence-electron chi connectivity index (χ1n) is 9.26. The summed E-state index contributed by atoms with van der Waals surface area (Å²) in [6.07, 6.45) is 0.696. The van der Waals surface area contributed by atoms with Crippen molar-refractivity contribution < 1.29 is 14.3 Å². The Morgan fingerprint density at radius 2 is 1.93 bits per heavy atom. The summed E-state index contributed by atoms with van der Waals surface area (Å²) >= 11 is 1.27. The fourth-order valence-corrected chi connectivity index (χ4v) is 4.19. The van der Waals surface area contributed by atoms with E-state index in [1.807, 2.05) is 17.5 Å². The number of carbonyl (C=O) groups is 2. The van der Waals surface area contributed by atoms with Crippen LogP contribution < -0.4 is 10.9 Å². The van der Waals surface area contributed by atoms with Crippen molar-refractivity contribution in [1.29, 1.82) is 0 Å². The monoisotopic (exact) mass is 413 g/mol. The van der Waals surface area contributed by atoms with Gasteiger partial charge < -0.3 is 10.1 Å². The Labute approximate surface area is 172 Å². The molecular formula is C21H23N3O4S. The minimum absolute atomic E-state index is 0.247. The molecule has 0 fully saturated rings. The number of ether oxygens (including phenoxy) is 1. The Hall–Kier alpha value is -3.00. The van der Waals surface area contributed by atoms with Crippen LogP contribution in [-0.4, -0.2) is 28.8 Å². The molecule has 152 valence electrons. The van der Waals surface area contributed by atoms with Crippen molar-refractivity contribution >= 4 is 39.0 Å². The van der Waals surface area contributed by atoms with Crippen molar-refractivity contribution in [3.8, 4) is 0 Å². The van der Waals surface area contributed by atoms with E-state index in [2.05, 4.69) is 24.3 Å². The second-order valence-corrected chi connectivity index (χ2v) is 8.08. The van der Waals surface area contributed by atoms with Crippen LogP contribution in [0.5, 0.6) is 0 Å². The Bertz CT molecular complexity index is 1130. The molecule has 0 aliphatic heterocycles. The summed E-state index contributed by atoms with van der Waals surface area (Å²) in [5, 5.41) is 10.5. The second kappa shape index (κ2) is 8.57. The molecule has 0 saturated carbocycles. The summed E-state index contributed by atoms with van der Waals surface area (Å²) in [4.78, 5) is 37.5. The summed E-state index contributed by atoms with van der Waals surface area (Å²) < 4.78 is 6.04. The number of carbonyl (C=O) groups excluding carboxylic acids is 2. The molecule has 29 heavy (non-hydrogen) atoms. The van der Waals surface area contributed by atoms with Crippen molar-refractivity contribution in [1.82, 2.24) is 9.78 Å². The van der Waals surface area contributed by atoms with Crippen LogP contribution in [0.3, 0.4) is 0 Å². The Balaban J connectivity index is 1.88. The van der Waals surface area contributed by atoms with Crippen LogP contribution in [0.15, 0.2) is 34.4 Å². The molecule has 2 heterocycles. The van der Waals surface area contributed by atoms with Crippen LogP contribution >= 0.6 is 11.3 Å². The van der Waals surface area contributed by atoms with Crippen LogP contribution in [-0.2, 0) is 22.5 Å². The van der Waals surface area contributed by atoms with Crippen LogP contribution in [0.1, 0.15) is 35.5 Å². The lowest BCUT2D eigenvalue weighted by atomic mass is 10.0. The number of thiophene rings is 1. The Kier molecular flexibility index (Phi) is 6.12. The molecule has 1 N–H and O–H groups in total. The highest BCUT2D eigenvalue weighted by molar-refractivity contribution is 7.15. The predicted octanol–water partition coefficient (Wildman–Crippen LogP) is 3.39. The molecule has 0 aliphatic rings. The lowest BCUT2D eigenvalue weighted by molar-refractivity contribution is -0.116. The van der Waals surface area contributed by atoms with E-state index in [4.69, 9.17) is 4.74 Å². The lowest BCUT2D eigenvalue weighted by Crippen LogP contribution is -2.30. The number of fused-ring (bicyclic) bond motifs is 1. The number of hydrogen-bond acceptors (Lipinski definition) is 6. The molecule has 0 radical (unpaired) electrons. The number of amides is 1. The van der Waals surface area contributed by atoms with Crippen molar-refractivity contribution in [2.45, 2.75) is 33.7 Å². The van der Waals surface area contributed by atoms with Crippen LogP contribution in [0.4, 0.5) is 5.00 Å². The highest BCUT2D eigenvalue weighted by Gasteiger charge is 2.22. The molecule has 2 aromatic heterocycles. The number of nitrogens with zero attached hydrogens (tertiary/aromatic N) is 2. The van der Waals surface area contributed by atoms with Gasteiger partial charge in [0.15, 0.2) is 0 Å². The number of methoxy groups -OCH3 is 1. The minimum Gasteiger partial charge on any atom is -0.465 e. The van der Waals surface area contributed by atoms with E-state index in [9.17, 15) is 14.4 Å². The summed E-state index contributed by atoms with van der Waals surface area (Å²) in [6, 6.07) is 7.16. The summed E-state index contributed by atoms with van der Waals surface area (Å²) in [5.74, 6) is -0.577. The molecule has 0 spiro atoms. The number of rotatable bonds is 6. The third kappa shape index (κ3) is 4.37. The molecule has 0 saturated heterocycles. The smallest absolute Gasteiger partial charge is 0.341 e. The van der Waals surface area contributed by atoms with E-state index >= 15 is 0 Å². The third-order valence-corrected chi connectivity index (χ3v) is 5.43. The number of aryl methyl sites for hydroxylation is 1. The van der Waals surface area contributed by atoms with Gasteiger partial charge in [-0.05, 0) is 36.3 Å². The molecule has 1 amide bonds. The van der Waals surface area contributed by atoms with Gasteiger partial charge in [-0.15, -0.1) is 11.3 Å². The van der Waals surface area contributed by atoms with Gasteiger partial charge in [-0.25, -0.2) is 9.48 Å². The highest BCUT2D eigenvalue weighted by Crippen LogP contribution is 2.30. The first-order chi connectivity index (χ1) is 13.8. The van der Waals surface area contributed by atoms with E-state index < -0.39 is 11.9 Å². The summed E-state index contributed by atoms with van der Waals surface area (Å²) in [6.45, 7) is 5.65. The first kappa shape index (κ1) is 20.7. The van der Waals surface area contributed by atoms with Gasteiger partial charge in [-0.3, -0.25) is 9.59 Å². The zero-order valence-electron chi connectivity index (χ0n) is 16.8. The molecule has 0 unspecified atom stereocenters. The fraction of sp³-hybridized carbons (Fsp3) is 0.333. The van der Waals surface area contributed by atoms with Gasteiger partial charge >= 0.3 is 5.97 Å². The third-order valence-electron chi connectivity index (χ3n) is 4.48. The average Bonchev–Trinajstić information content (AvgIpc) is 3.06. The minimum atomic E-state index is -0.492. The number of esters is 1. The summed E-state index contributed by atoms with van der Waals surface area (Å²) in [7, 11) is 1.31. The Morgan fingerprint density at radius 1 is 1.24 bits per heavy atom. The van der Waals surface area contributed by atoms with Crippen molar-refractivity contribution in [3.63, 3.8) is 0 Å². The molecular weight excluding hydrogens is 390 g/mol. The van der Waals surface area contributed by atoms with E-state index in [-0.39, 0.29) is 12.1 Å². The number of nitrogens with one attached hydrogen (secondary N) is 1. The van der Waals surface area contributed by atoms with E-state index in [1.54, 1.807) is 19.1 Å². The van der Waals surface area contributed by atoms with E-state index in [0.717, 1.165) is 15.6 Å². The molecule has 0 bridgehead atoms. The van der Waals surface area contributed by atoms with Gasteiger partial charge in [0, 0.05) is 5.39 Å². The SMILES string of the molecule is COC(=O)c1c(CC(C)C)csc1NC(=O)Cn1nc(C)c2ccccc2c1=O. The van der Waals surface area contributed by atoms with Gasteiger partial charge in [0.2, 0.25) is 5.91 Å². The zero-order valence-corrected chi connectivity index (χ0v) is 17.6. The molecule has 7 nitrogen and oxygen atoms in total. The average molecular weight is 413 g/mol. The van der Waals surface area contributed by atoms with Gasteiger partial charge in [0.25, 0.3) is 5.56 Å². The normalized spacial score (nSPS) is 11.1. The first-order valence-corrected chi connectivity index (χ1v) is 10.1. The predicted molar refractivity (Wildman–Crippen MR) is 114 cm³/mol. The zero-order chi connectivity index (χ0) is 21.1. The van der Waals surface area contributed by atoms with Crippen molar-refractivity contribution in [2.24, 2.45) is 5.92 Å². The fourth-order valence-electron chi connectivity index (χ4n) is 3.22. The quantitative estimate of drug-likeness (QED) is 0.626. The number of hydrogen-bond donors (Lipinski definition) is 1. The molecule has 3 rings (SSSR count). The molecule has 0 atom stereocenters. The van der Waals surface area contributed by atoms with Crippen molar-refractivity contribution in [3.05, 3.63) is 56.8 Å².